The third-order valence-corrected chi connectivity index (χ3v) is 7.83. The molecule has 0 aliphatic carbocycles. The lowest BCUT2D eigenvalue weighted by Gasteiger charge is -2.24. The number of hydrogen-bond acceptors (Lipinski definition) is 2. The smallest absolute Gasteiger partial charge is 0.212 e. The van der Waals surface area contributed by atoms with Crippen LogP contribution in [0.5, 0.6) is 0 Å². The molecule has 1 aliphatic heterocycles. The topological polar surface area (TPSA) is 37.4 Å². The van der Waals surface area contributed by atoms with Crippen LogP contribution in [0, 0.1) is 0 Å². The quantitative estimate of drug-likeness (QED) is 0.261. The third-order valence-electron chi connectivity index (χ3n) is 5.83. The van der Waals surface area contributed by atoms with E-state index in [-0.39, 0.29) is 0 Å². The molecule has 156 valence electrons. The maximum Gasteiger partial charge on any atom is 0.214 e. The molecule has 1 heterocycles. The Labute approximate surface area is 164 Å². The zero-order valence-corrected chi connectivity index (χ0v) is 18.5. The Bertz CT molecular complexity index is 422. The summed E-state index contributed by atoms with van der Waals surface area (Å²) in [6.07, 6.45) is 20.6. The molecule has 1 aliphatic rings. The minimum Gasteiger partial charge on any atom is -0.212 e. The first-order valence-electron chi connectivity index (χ1n) is 11.6. The molecule has 0 amide bonds. The molecule has 1 atom stereocenters. The summed E-state index contributed by atoms with van der Waals surface area (Å²) >= 11 is 0. The molecule has 0 radical (unpaired) electrons. The van der Waals surface area contributed by atoms with Crippen molar-refractivity contribution < 1.29 is 8.42 Å². The molecule has 1 unspecified atom stereocenters. The molecule has 3 nitrogen and oxygen atoms in total. The second-order valence-corrected chi connectivity index (χ2v) is 10.3. The number of hydrogen-bond donors (Lipinski definition) is 0. The van der Waals surface area contributed by atoms with Crippen molar-refractivity contribution in [1.29, 1.82) is 0 Å². The van der Waals surface area contributed by atoms with Crippen molar-refractivity contribution in [2.45, 2.75) is 129 Å². The summed E-state index contributed by atoms with van der Waals surface area (Å²) in [6, 6.07) is 0.292. The summed E-state index contributed by atoms with van der Waals surface area (Å²) in [5.74, 6) is 0.368. The zero-order valence-electron chi connectivity index (χ0n) is 17.7. The van der Waals surface area contributed by atoms with Gasteiger partial charge < -0.3 is 0 Å². The summed E-state index contributed by atoms with van der Waals surface area (Å²) < 4.78 is 27.2. The molecule has 1 rings (SSSR count). The molecule has 0 spiro atoms. The highest BCUT2D eigenvalue weighted by molar-refractivity contribution is 7.89. The van der Waals surface area contributed by atoms with Crippen LogP contribution in [-0.4, -0.2) is 31.1 Å². The van der Waals surface area contributed by atoms with E-state index < -0.39 is 10.0 Å². The minimum atomic E-state index is -3.03. The first-order chi connectivity index (χ1) is 12.6. The lowest BCUT2D eigenvalue weighted by molar-refractivity contribution is 0.358. The lowest BCUT2D eigenvalue weighted by Crippen LogP contribution is -2.37. The van der Waals surface area contributed by atoms with Crippen molar-refractivity contribution in [3.8, 4) is 0 Å². The SMILES string of the molecule is CCCCCCCCCCC1CCCN1S(=O)(=O)CCCCCCCC. The Morgan fingerprint density at radius 2 is 1.23 bits per heavy atom. The predicted octanol–water partition coefficient (Wildman–Crippen LogP) is 6.67. The van der Waals surface area contributed by atoms with E-state index in [1.54, 1.807) is 0 Å². The van der Waals surface area contributed by atoms with Gasteiger partial charge in [-0.25, -0.2) is 8.42 Å². The fourth-order valence-electron chi connectivity index (χ4n) is 4.16. The Kier molecular flexibility index (Phi) is 13.7. The van der Waals surface area contributed by atoms with Gasteiger partial charge in [0.05, 0.1) is 5.75 Å². The van der Waals surface area contributed by atoms with E-state index in [9.17, 15) is 8.42 Å². The Morgan fingerprint density at radius 1 is 0.731 bits per heavy atom. The van der Waals surface area contributed by atoms with E-state index in [2.05, 4.69) is 13.8 Å². The molecule has 4 heteroatoms. The van der Waals surface area contributed by atoms with E-state index in [1.165, 1.54) is 77.0 Å². The van der Waals surface area contributed by atoms with Gasteiger partial charge in [-0.15, -0.1) is 0 Å². The van der Waals surface area contributed by atoms with E-state index in [1.807, 2.05) is 4.31 Å². The van der Waals surface area contributed by atoms with Gasteiger partial charge in [-0.3, -0.25) is 0 Å². The maximum absolute atomic E-state index is 12.7. The highest BCUT2D eigenvalue weighted by Crippen LogP contribution is 2.26. The van der Waals surface area contributed by atoms with E-state index in [0.717, 1.165) is 38.6 Å². The Hall–Kier alpha value is -0.0900. The maximum atomic E-state index is 12.7. The van der Waals surface area contributed by atoms with Gasteiger partial charge in [-0.05, 0) is 25.7 Å². The largest absolute Gasteiger partial charge is 0.214 e. The number of rotatable bonds is 17. The molecule has 0 bridgehead atoms. The minimum absolute atomic E-state index is 0.292. The molecule has 0 N–H and O–H groups in total. The van der Waals surface area contributed by atoms with Crippen molar-refractivity contribution in [3.63, 3.8) is 0 Å². The average molecular weight is 388 g/mol. The number of nitrogens with zero attached hydrogens (tertiary/aromatic N) is 1. The van der Waals surface area contributed by atoms with Gasteiger partial charge in [0.15, 0.2) is 0 Å². The standard InChI is InChI=1S/C22H45NO2S/c1-3-5-7-9-11-12-13-15-18-22-19-17-20-23(22)26(24,25)21-16-14-10-8-6-4-2/h22H,3-21H2,1-2H3. The Morgan fingerprint density at radius 3 is 1.81 bits per heavy atom. The van der Waals surface area contributed by atoms with Gasteiger partial charge in [0, 0.05) is 12.6 Å². The molecular weight excluding hydrogens is 342 g/mol. The van der Waals surface area contributed by atoms with Crippen LogP contribution in [0.25, 0.3) is 0 Å². The third kappa shape index (κ3) is 10.3. The van der Waals surface area contributed by atoms with Crippen LogP contribution in [-0.2, 0) is 10.0 Å². The van der Waals surface area contributed by atoms with Crippen LogP contribution in [0.2, 0.25) is 0 Å². The van der Waals surface area contributed by atoms with Crippen molar-refractivity contribution >= 4 is 10.0 Å². The van der Waals surface area contributed by atoms with Crippen molar-refractivity contribution in [1.82, 2.24) is 4.31 Å². The lowest BCUT2D eigenvalue weighted by atomic mass is 10.0. The molecule has 0 saturated carbocycles. The highest BCUT2D eigenvalue weighted by atomic mass is 32.2. The second kappa shape index (κ2) is 14.9. The molecule has 1 fully saturated rings. The van der Waals surface area contributed by atoms with Crippen molar-refractivity contribution in [2.24, 2.45) is 0 Å². The normalized spacial score (nSPS) is 18.6. The molecule has 1 saturated heterocycles. The molecule has 0 aromatic carbocycles. The summed E-state index contributed by atoms with van der Waals surface area (Å²) in [6.45, 7) is 5.23. The zero-order chi connectivity index (χ0) is 19.1. The first-order valence-corrected chi connectivity index (χ1v) is 13.2. The van der Waals surface area contributed by atoms with Gasteiger partial charge >= 0.3 is 0 Å². The highest BCUT2D eigenvalue weighted by Gasteiger charge is 2.33. The summed E-state index contributed by atoms with van der Waals surface area (Å²) in [7, 11) is -3.03. The fraction of sp³-hybridized carbons (Fsp3) is 1.00. The van der Waals surface area contributed by atoms with Gasteiger partial charge in [0.25, 0.3) is 0 Å². The van der Waals surface area contributed by atoms with Crippen molar-refractivity contribution in [2.75, 3.05) is 12.3 Å². The van der Waals surface area contributed by atoms with Gasteiger partial charge in [-0.2, -0.15) is 4.31 Å². The number of sulfonamides is 1. The molecule has 0 aromatic rings. The van der Waals surface area contributed by atoms with E-state index in [4.69, 9.17) is 0 Å². The second-order valence-electron chi connectivity index (χ2n) is 8.25. The molecule has 26 heavy (non-hydrogen) atoms. The first kappa shape index (κ1) is 23.9. The van der Waals surface area contributed by atoms with Crippen LogP contribution in [0.15, 0.2) is 0 Å². The van der Waals surface area contributed by atoms with Crippen LogP contribution < -0.4 is 0 Å². The van der Waals surface area contributed by atoms with Gasteiger partial charge in [-0.1, -0.05) is 97.3 Å². The average Bonchev–Trinajstić information content (AvgIpc) is 3.10. The molecule has 0 aromatic heterocycles. The van der Waals surface area contributed by atoms with Gasteiger partial charge in [0.1, 0.15) is 0 Å². The summed E-state index contributed by atoms with van der Waals surface area (Å²) in [4.78, 5) is 0. The van der Waals surface area contributed by atoms with Crippen LogP contribution >= 0.6 is 0 Å². The van der Waals surface area contributed by atoms with Crippen LogP contribution in [0.1, 0.15) is 123 Å². The monoisotopic (exact) mass is 387 g/mol. The van der Waals surface area contributed by atoms with Crippen LogP contribution in [0.3, 0.4) is 0 Å². The summed E-state index contributed by atoms with van der Waals surface area (Å²) in [5.41, 5.74) is 0. The van der Waals surface area contributed by atoms with E-state index >= 15 is 0 Å². The predicted molar refractivity (Wildman–Crippen MR) is 114 cm³/mol. The fourth-order valence-corrected chi connectivity index (χ4v) is 6.04. The molecular formula is C22H45NO2S. The van der Waals surface area contributed by atoms with E-state index in [0.29, 0.717) is 11.8 Å². The van der Waals surface area contributed by atoms with Crippen LogP contribution in [0.4, 0.5) is 0 Å². The Balaban J connectivity index is 2.17. The van der Waals surface area contributed by atoms with Crippen molar-refractivity contribution in [3.05, 3.63) is 0 Å². The van der Waals surface area contributed by atoms with Gasteiger partial charge in [0.2, 0.25) is 10.0 Å². The number of unbranched alkanes of at least 4 members (excludes halogenated alkanes) is 12. The summed E-state index contributed by atoms with van der Waals surface area (Å²) in [5, 5.41) is 0.